The van der Waals surface area contributed by atoms with Gasteiger partial charge in [0.1, 0.15) is 5.75 Å². The summed E-state index contributed by atoms with van der Waals surface area (Å²) in [5, 5.41) is 8.46. The van der Waals surface area contributed by atoms with Crippen molar-refractivity contribution in [3.05, 3.63) is 36.8 Å². The SMILES string of the molecule is COc1ccc(CC(=O)O)cc1.[CH2-]CC.[Li+]. The van der Waals surface area contributed by atoms with Crippen LogP contribution in [0.1, 0.15) is 18.9 Å². The number of benzene rings is 1. The summed E-state index contributed by atoms with van der Waals surface area (Å²) in [7, 11) is 1.58. The van der Waals surface area contributed by atoms with Crippen LogP contribution in [0, 0.1) is 6.92 Å². The summed E-state index contributed by atoms with van der Waals surface area (Å²) in [4.78, 5) is 10.3. The van der Waals surface area contributed by atoms with Crippen molar-refractivity contribution in [1.82, 2.24) is 0 Å². The van der Waals surface area contributed by atoms with Crippen LogP contribution in [-0.2, 0) is 11.2 Å². The van der Waals surface area contributed by atoms with Crippen molar-refractivity contribution in [2.45, 2.75) is 19.8 Å². The normalized spacial score (nSPS) is 8.19. The van der Waals surface area contributed by atoms with Gasteiger partial charge in [0, 0.05) is 0 Å². The first-order valence-electron chi connectivity index (χ1n) is 4.78. The maximum atomic E-state index is 10.3. The third-order valence-electron chi connectivity index (χ3n) is 1.51. The van der Waals surface area contributed by atoms with E-state index in [-0.39, 0.29) is 25.3 Å². The maximum Gasteiger partial charge on any atom is 1.00 e. The Morgan fingerprint density at radius 2 is 1.81 bits per heavy atom. The van der Waals surface area contributed by atoms with E-state index >= 15 is 0 Å². The smallest absolute Gasteiger partial charge is 0.497 e. The van der Waals surface area contributed by atoms with E-state index in [4.69, 9.17) is 9.84 Å². The van der Waals surface area contributed by atoms with Crippen LogP contribution in [0.3, 0.4) is 0 Å². The minimum atomic E-state index is -0.819. The van der Waals surface area contributed by atoms with Crippen molar-refractivity contribution >= 4 is 5.97 Å². The molecule has 84 valence electrons. The van der Waals surface area contributed by atoms with Gasteiger partial charge in [0.15, 0.2) is 0 Å². The molecule has 0 saturated heterocycles. The molecule has 1 aromatic carbocycles. The second-order valence-electron chi connectivity index (χ2n) is 2.92. The molecule has 0 saturated carbocycles. The number of hydrogen-bond acceptors (Lipinski definition) is 2. The number of rotatable bonds is 3. The molecule has 0 amide bonds. The van der Waals surface area contributed by atoms with Crippen molar-refractivity contribution in [3.8, 4) is 5.75 Å². The third kappa shape index (κ3) is 8.40. The fourth-order valence-electron chi connectivity index (χ4n) is 0.918. The third-order valence-corrected chi connectivity index (χ3v) is 1.51. The Balaban J connectivity index is 0. The monoisotopic (exact) mass is 216 g/mol. The summed E-state index contributed by atoms with van der Waals surface area (Å²) in [5.74, 6) is -0.0793. The van der Waals surface area contributed by atoms with Gasteiger partial charge in [-0.15, -0.1) is 0 Å². The van der Waals surface area contributed by atoms with Crippen molar-refractivity contribution in [2.24, 2.45) is 0 Å². The van der Waals surface area contributed by atoms with E-state index in [0.29, 0.717) is 0 Å². The Morgan fingerprint density at radius 1 is 1.38 bits per heavy atom. The summed E-state index contributed by atoms with van der Waals surface area (Å²) in [6, 6.07) is 6.98. The van der Waals surface area contributed by atoms with Crippen molar-refractivity contribution in [3.63, 3.8) is 0 Å². The van der Waals surface area contributed by atoms with Crippen molar-refractivity contribution in [2.75, 3.05) is 7.11 Å². The van der Waals surface area contributed by atoms with Gasteiger partial charge in [-0.3, -0.25) is 4.79 Å². The summed E-state index contributed by atoms with van der Waals surface area (Å²) >= 11 is 0. The Morgan fingerprint density at radius 3 is 2.12 bits per heavy atom. The molecule has 0 bridgehead atoms. The van der Waals surface area contributed by atoms with Crippen LogP contribution >= 0.6 is 0 Å². The molecule has 0 aliphatic carbocycles. The average Bonchev–Trinajstić information content (AvgIpc) is 2.19. The molecule has 4 heteroatoms. The molecule has 0 aliphatic rings. The molecule has 0 unspecified atom stereocenters. The van der Waals surface area contributed by atoms with E-state index in [9.17, 15) is 4.79 Å². The molecule has 0 fully saturated rings. The number of carboxylic acid groups (broad SMARTS) is 1. The van der Waals surface area contributed by atoms with Crippen LogP contribution in [0.15, 0.2) is 24.3 Å². The molecular formula is C12H17LiO3. The molecule has 0 heterocycles. The largest absolute Gasteiger partial charge is 1.00 e. The molecule has 1 N–H and O–H groups in total. The molecule has 3 nitrogen and oxygen atoms in total. The van der Waals surface area contributed by atoms with Crippen LogP contribution < -0.4 is 23.6 Å². The quantitative estimate of drug-likeness (QED) is 0.550. The van der Waals surface area contributed by atoms with Crippen LogP contribution in [0.5, 0.6) is 5.75 Å². The molecule has 1 aromatic rings. The summed E-state index contributed by atoms with van der Waals surface area (Å²) in [6.07, 6.45) is 1.06. The van der Waals surface area contributed by atoms with Gasteiger partial charge in [0.2, 0.25) is 0 Å². The van der Waals surface area contributed by atoms with Crippen molar-refractivity contribution in [1.29, 1.82) is 0 Å². The number of aliphatic carboxylic acids is 1. The van der Waals surface area contributed by atoms with Gasteiger partial charge in [-0.1, -0.05) is 19.1 Å². The zero-order valence-electron chi connectivity index (χ0n) is 10.2. The zero-order valence-corrected chi connectivity index (χ0v) is 10.2. The minimum absolute atomic E-state index is 0. The first-order valence-corrected chi connectivity index (χ1v) is 4.78. The topological polar surface area (TPSA) is 46.5 Å². The van der Waals surface area contributed by atoms with Crippen LogP contribution in [0.25, 0.3) is 0 Å². The van der Waals surface area contributed by atoms with E-state index in [1.807, 2.05) is 6.92 Å². The van der Waals surface area contributed by atoms with E-state index in [0.717, 1.165) is 17.7 Å². The summed E-state index contributed by atoms with van der Waals surface area (Å²) < 4.78 is 4.93. The fourth-order valence-corrected chi connectivity index (χ4v) is 0.918. The fraction of sp³-hybridized carbons (Fsp3) is 0.333. The van der Waals surface area contributed by atoms with Crippen LogP contribution in [0.4, 0.5) is 0 Å². The van der Waals surface area contributed by atoms with Gasteiger partial charge in [0.25, 0.3) is 0 Å². The molecule has 0 aliphatic heterocycles. The number of hydrogen-bond donors (Lipinski definition) is 1. The van der Waals surface area contributed by atoms with Crippen LogP contribution in [0.2, 0.25) is 0 Å². The van der Waals surface area contributed by atoms with E-state index in [1.165, 1.54) is 0 Å². The number of carboxylic acids is 1. The molecule has 1 rings (SSSR count). The predicted molar refractivity (Wildman–Crippen MR) is 60.0 cm³/mol. The van der Waals surface area contributed by atoms with Crippen molar-refractivity contribution < 1.29 is 33.5 Å². The molecule has 0 aromatic heterocycles. The van der Waals surface area contributed by atoms with Gasteiger partial charge in [-0.25, -0.2) is 0 Å². The predicted octanol–water partition coefficient (Wildman–Crippen LogP) is -0.443. The zero-order chi connectivity index (χ0) is 11.7. The molecule has 16 heavy (non-hydrogen) atoms. The van der Waals surface area contributed by atoms with Gasteiger partial charge in [0.05, 0.1) is 13.5 Å². The van der Waals surface area contributed by atoms with E-state index < -0.39 is 5.97 Å². The van der Waals surface area contributed by atoms with Gasteiger partial charge >= 0.3 is 24.8 Å². The Bertz CT molecular complexity index is 283. The Kier molecular flexibility index (Phi) is 11.6. The van der Waals surface area contributed by atoms with Gasteiger partial charge < -0.3 is 16.8 Å². The second kappa shape index (κ2) is 10.6. The van der Waals surface area contributed by atoms with Crippen LogP contribution in [-0.4, -0.2) is 18.2 Å². The number of methoxy groups -OCH3 is 1. The molecule has 0 atom stereocenters. The average molecular weight is 216 g/mol. The van der Waals surface area contributed by atoms with E-state index in [2.05, 4.69) is 6.92 Å². The minimum Gasteiger partial charge on any atom is -0.497 e. The standard InChI is InChI=1S/C9H10O3.C3H7.Li/c1-12-8-4-2-7(3-5-8)6-9(10)11;1-3-2;/h2-5H,6H2,1H3,(H,10,11);1,3H2,2H3;/q;-1;+1. The van der Waals surface area contributed by atoms with Gasteiger partial charge in [-0.2, -0.15) is 6.42 Å². The molecule has 0 spiro atoms. The summed E-state index contributed by atoms with van der Waals surface area (Å²) in [5.41, 5.74) is 0.781. The van der Waals surface area contributed by atoms with E-state index in [1.54, 1.807) is 31.4 Å². The number of ether oxygens (including phenoxy) is 1. The number of carbonyl (C=O) groups is 1. The summed E-state index contributed by atoms with van der Waals surface area (Å²) in [6.45, 7) is 5.50. The maximum absolute atomic E-state index is 10.3. The first kappa shape index (κ1) is 17.5. The molecular weight excluding hydrogens is 199 g/mol. The second-order valence-corrected chi connectivity index (χ2v) is 2.92. The Labute approximate surface area is 109 Å². The van der Waals surface area contributed by atoms with Gasteiger partial charge in [-0.05, 0) is 17.7 Å². The Hall–Kier alpha value is -0.913. The first-order chi connectivity index (χ1) is 7.13. The molecule has 0 radical (unpaired) electrons.